The molecule has 1 amide bonds. The van der Waals surface area contributed by atoms with Crippen LogP contribution in [-0.4, -0.2) is 36.9 Å². The number of thioether (sulfide) groups is 1. The lowest BCUT2D eigenvalue weighted by Gasteiger charge is -2.26. The van der Waals surface area contributed by atoms with Crippen LogP contribution in [0.1, 0.15) is 29.9 Å². The molecule has 0 saturated heterocycles. The van der Waals surface area contributed by atoms with Gasteiger partial charge in [-0.05, 0) is 36.1 Å². The van der Waals surface area contributed by atoms with Gasteiger partial charge in [0.15, 0.2) is 5.16 Å². The van der Waals surface area contributed by atoms with Crippen molar-refractivity contribution in [3.63, 3.8) is 0 Å². The highest BCUT2D eigenvalue weighted by molar-refractivity contribution is 7.99. The molecule has 1 aromatic carbocycles. The van der Waals surface area contributed by atoms with Gasteiger partial charge in [0.2, 0.25) is 11.7 Å². The Bertz CT molecular complexity index is 1420. The lowest BCUT2D eigenvalue weighted by molar-refractivity contribution is -0.115. The standard InChI is InChI=1S/C22H23N5O3S2/c1-11(2)15-8-14-16(9-30-15)32-20-18(14)19(29)26(13-6-4-5-12(3)7-13)21-24-25-22(27(20)21)31-10-17(23)28/h4-7,11,15H,8-10H2,1-3H3,(H2,23,28). The van der Waals surface area contributed by atoms with E-state index in [2.05, 4.69) is 24.0 Å². The van der Waals surface area contributed by atoms with Crippen LogP contribution in [0.3, 0.4) is 0 Å². The van der Waals surface area contributed by atoms with Crippen LogP contribution in [0.5, 0.6) is 0 Å². The van der Waals surface area contributed by atoms with Gasteiger partial charge in [0.25, 0.3) is 5.56 Å². The Labute approximate surface area is 192 Å². The van der Waals surface area contributed by atoms with E-state index in [-0.39, 0.29) is 17.4 Å². The number of ether oxygens (including phenoxy) is 1. The number of fused-ring (bicyclic) bond motifs is 5. The van der Waals surface area contributed by atoms with Crippen LogP contribution in [0.15, 0.2) is 34.2 Å². The van der Waals surface area contributed by atoms with Gasteiger partial charge in [-0.3, -0.25) is 9.59 Å². The Morgan fingerprint density at radius 1 is 1.38 bits per heavy atom. The normalized spacial score (nSPS) is 16.2. The van der Waals surface area contributed by atoms with Crippen LogP contribution >= 0.6 is 23.1 Å². The fourth-order valence-corrected chi connectivity index (χ4v) is 6.07. The zero-order valence-electron chi connectivity index (χ0n) is 18.0. The third kappa shape index (κ3) is 3.42. The number of nitrogens with two attached hydrogens (primary N) is 1. The van der Waals surface area contributed by atoms with Gasteiger partial charge < -0.3 is 10.5 Å². The van der Waals surface area contributed by atoms with Crippen LogP contribution in [0.2, 0.25) is 0 Å². The molecule has 1 atom stereocenters. The number of rotatable bonds is 5. The Kier molecular flexibility index (Phi) is 5.31. The topological polar surface area (TPSA) is 105 Å². The van der Waals surface area contributed by atoms with Crippen molar-refractivity contribution in [3.05, 3.63) is 50.6 Å². The molecule has 4 heterocycles. The summed E-state index contributed by atoms with van der Waals surface area (Å²) in [5.74, 6) is 0.404. The highest BCUT2D eigenvalue weighted by Gasteiger charge is 2.30. The van der Waals surface area contributed by atoms with E-state index in [1.807, 2.05) is 35.6 Å². The van der Waals surface area contributed by atoms with E-state index in [1.165, 1.54) is 23.1 Å². The molecule has 0 fully saturated rings. The second-order valence-corrected chi connectivity index (χ2v) is 10.4. The van der Waals surface area contributed by atoms with Crippen molar-refractivity contribution in [2.45, 2.75) is 45.1 Å². The molecule has 1 unspecified atom stereocenters. The molecule has 0 saturated carbocycles. The quantitative estimate of drug-likeness (QED) is 0.451. The van der Waals surface area contributed by atoms with Crippen LogP contribution < -0.4 is 11.3 Å². The molecule has 10 heteroatoms. The molecular formula is C22H23N5O3S2. The largest absolute Gasteiger partial charge is 0.372 e. The third-order valence-electron chi connectivity index (χ3n) is 5.69. The first-order chi connectivity index (χ1) is 15.3. The predicted molar refractivity (Wildman–Crippen MR) is 126 cm³/mol. The van der Waals surface area contributed by atoms with Crippen LogP contribution in [0.4, 0.5) is 0 Å². The molecule has 0 aliphatic carbocycles. The van der Waals surface area contributed by atoms with E-state index in [0.29, 0.717) is 35.3 Å². The lowest BCUT2D eigenvalue weighted by Crippen LogP contribution is -2.28. The summed E-state index contributed by atoms with van der Waals surface area (Å²) < 4.78 is 9.55. The maximum absolute atomic E-state index is 13.9. The van der Waals surface area contributed by atoms with Crippen LogP contribution in [0.25, 0.3) is 21.7 Å². The van der Waals surface area contributed by atoms with Gasteiger partial charge in [0.1, 0.15) is 4.83 Å². The average molecular weight is 470 g/mol. The second kappa shape index (κ2) is 8.02. The van der Waals surface area contributed by atoms with E-state index in [0.717, 1.165) is 26.5 Å². The van der Waals surface area contributed by atoms with E-state index in [4.69, 9.17) is 10.5 Å². The predicted octanol–water partition coefficient (Wildman–Crippen LogP) is 3.08. The Balaban J connectivity index is 1.85. The van der Waals surface area contributed by atoms with E-state index >= 15 is 0 Å². The number of primary amides is 1. The highest BCUT2D eigenvalue weighted by Crippen LogP contribution is 2.37. The molecule has 8 nitrogen and oxygen atoms in total. The van der Waals surface area contributed by atoms with E-state index in [1.54, 1.807) is 4.57 Å². The van der Waals surface area contributed by atoms with Crippen molar-refractivity contribution in [2.24, 2.45) is 11.7 Å². The first-order valence-electron chi connectivity index (χ1n) is 10.4. The van der Waals surface area contributed by atoms with Crippen molar-refractivity contribution in [3.8, 4) is 5.69 Å². The molecule has 1 aliphatic heterocycles. The molecular weight excluding hydrogens is 446 g/mol. The summed E-state index contributed by atoms with van der Waals surface area (Å²) in [5, 5.41) is 9.85. The summed E-state index contributed by atoms with van der Waals surface area (Å²) in [6.45, 7) is 6.73. The molecule has 1 aliphatic rings. The maximum atomic E-state index is 13.9. The van der Waals surface area contributed by atoms with Gasteiger partial charge in [-0.15, -0.1) is 21.5 Å². The summed E-state index contributed by atoms with van der Waals surface area (Å²) in [6, 6.07) is 7.75. The number of nitrogens with zero attached hydrogens (tertiary/aromatic N) is 4. The number of benzene rings is 1. The summed E-state index contributed by atoms with van der Waals surface area (Å²) >= 11 is 2.75. The highest BCUT2D eigenvalue weighted by atomic mass is 32.2. The fourth-order valence-electron chi connectivity index (χ4n) is 4.10. The molecule has 0 radical (unpaired) electrons. The van der Waals surface area contributed by atoms with Crippen molar-refractivity contribution < 1.29 is 9.53 Å². The number of hydrogen-bond acceptors (Lipinski definition) is 7. The van der Waals surface area contributed by atoms with Gasteiger partial charge in [-0.1, -0.05) is 37.7 Å². The maximum Gasteiger partial charge on any atom is 0.268 e. The minimum atomic E-state index is -0.436. The number of thiophene rings is 1. The molecule has 166 valence electrons. The minimum Gasteiger partial charge on any atom is -0.372 e. The zero-order chi connectivity index (χ0) is 22.6. The van der Waals surface area contributed by atoms with Gasteiger partial charge in [0, 0.05) is 11.3 Å². The van der Waals surface area contributed by atoms with Gasteiger partial charge in [-0.25, -0.2) is 8.97 Å². The minimum absolute atomic E-state index is 0.0624. The fraction of sp³-hybridized carbons (Fsp3) is 0.364. The summed E-state index contributed by atoms with van der Waals surface area (Å²) in [5.41, 5.74) is 8.06. The van der Waals surface area contributed by atoms with E-state index in [9.17, 15) is 9.59 Å². The molecule has 0 spiro atoms. The van der Waals surface area contributed by atoms with Crippen molar-refractivity contribution in [1.82, 2.24) is 19.2 Å². The van der Waals surface area contributed by atoms with Crippen molar-refractivity contribution in [2.75, 3.05) is 5.75 Å². The Morgan fingerprint density at radius 3 is 2.91 bits per heavy atom. The Morgan fingerprint density at radius 2 is 2.19 bits per heavy atom. The number of carbonyl (C=O) groups is 1. The van der Waals surface area contributed by atoms with E-state index < -0.39 is 5.91 Å². The van der Waals surface area contributed by atoms with Gasteiger partial charge in [0.05, 0.1) is 29.5 Å². The SMILES string of the molecule is Cc1cccc(-n2c(=O)c3c4c(sc3n3c(SCC(N)=O)nnc23)COC(C(C)C)C4)c1. The van der Waals surface area contributed by atoms with Gasteiger partial charge in [-0.2, -0.15) is 0 Å². The Hall–Kier alpha value is -2.69. The first-order valence-corrected chi connectivity index (χ1v) is 12.2. The first kappa shape index (κ1) is 21.2. The van der Waals surface area contributed by atoms with Crippen LogP contribution in [-0.2, 0) is 22.6 Å². The molecule has 2 N–H and O–H groups in total. The number of hydrogen-bond donors (Lipinski definition) is 1. The third-order valence-corrected chi connectivity index (χ3v) is 7.83. The number of amides is 1. The molecule has 32 heavy (non-hydrogen) atoms. The molecule has 5 rings (SSSR count). The molecule has 0 bridgehead atoms. The zero-order valence-corrected chi connectivity index (χ0v) is 19.6. The summed E-state index contributed by atoms with van der Waals surface area (Å²) in [7, 11) is 0. The van der Waals surface area contributed by atoms with Crippen LogP contribution in [0, 0.1) is 12.8 Å². The average Bonchev–Trinajstić information content (AvgIpc) is 3.33. The molecule has 4 aromatic rings. The summed E-state index contributed by atoms with van der Waals surface area (Å²) in [6.07, 6.45) is 0.750. The van der Waals surface area contributed by atoms with Gasteiger partial charge >= 0.3 is 0 Å². The number of aryl methyl sites for hydroxylation is 1. The van der Waals surface area contributed by atoms with Crippen molar-refractivity contribution in [1.29, 1.82) is 0 Å². The monoisotopic (exact) mass is 469 g/mol. The number of carbonyl (C=O) groups excluding carboxylic acids is 1. The summed E-state index contributed by atoms with van der Waals surface area (Å²) in [4.78, 5) is 27.1. The molecule has 3 aromatic heterocycles. The van der Waals surface area contributed by atoms with Crippen molar-refractivity contribution >= 4 is 45.0 Å². The smallest absolute Gasteiger partial charge is 0.268 e. The lowest BCUT2D eigenvalue weighted by atomic mass is 9.96. The second-order valence-electron chi connectivity index (χ2n) is 8.33. The number of aromatic nitrogens is 4.